The maximum atomic E-state index is 12.5. The van der Waals surface area contributed by atoms with E-state index in [0.29, 0.717) is 5.56 Å². The van der Waals surface area contributed by atoms with Crippen molar-refractivity contribution in [2.24, 2.45) is 11.5 Å². The normalized spacial score (nSPS) is 13.0. The average molecular weight is 500 g/mol. The molecule has 0 aromatic heterocycles. The molecule has 3 unspecified atom stereocenters. The summed E-state index contributed by atoms with van der Waals surface area (Å²) in [7, 11) is 0. The SMILES string of the molecule is NC(=O)CC(NC(=O)C(N)Cc1ccccc1)C(=O)NCC(=O)NC(Cc1ccc(O)cc1)C(=O)O. The molecule has 2 aromatic carbocycles. The molecule has 0 saturated heterocycles. The standard InChI is InChI=1S/C24H29N5O7/c25-17(10-14-4-2-1-3-5-14)22(33)29-18(12-20(26)31)23(34)27-13-21(32)28-19(24(35)36)11-15-6-8-16(30)9-7-15/h1-9,17-19,30H,10-13,25H2,(H2,26,31)(H,27,34)(H,28,32)(H,29,33)(H,35,36). The van der Waals surface area contributed by atoms with E-state index in [-0.39, 0.29) is 18.6 Å². The van der Waals surface area contributed by atoms with Crippen molar-refractivity contribution in [1.82, 2.24) is 16.0 Å². The molecule has 0 heterocycles. The molecule has 12 heteroatoms. The summed E-state index contributed by atoms with van der Waals surface area (Å²) in [5.74, 6) is -4.51. The Labute approximate surface area is 207 Å². The molecule has 0 spiro atoms. The first kappa shape index (κ1) is 27.8. The second-order valence-corrected chi connectivity index (χ2v) is 8.07. The van der Waals surface area contributed by atoms with Gasteiger partial charge in [-0.25, -0.2) is 4.79 Å². The van der Waals surface area contributed by atoms with Gasteiger partial charge in [0, 0.05) is 6.42 Å². The van der Waals surface area contributed by atoms with E-state index in [4.69, 9.17) is 11.5 Å². The Morgan fingerprint density at radius 2 is 1.42 bits per heavy atom. The maximum Gasteiger partial charge on any atom is 0.326 e. The van der Waals surface area contributed by atoms with Gasteiger partial charge in [0.2, 0.25) is 23.6 Å². The van der Waals surface area contributed by atoms with Crippen LogP contribution in [-0.2, 0) is 36.8 Å². The highest BCUT2D eigenvalue weighted by molar-refractivity contribution is 5.95. The fraction of sp³-hybridized carbons (Fsp3) is 0.292. The lowest BCUT2D eigenvalue weighted by atomic mass is 10.1. The van der Waals surface area contributed by atoms with E-state index < -0.39 is 60.7 Å². The number of aliphatic carboxylic acids is 1. The molecule has 0 aliphatic carbocycles. The monoisotopic (exact) mass is 499 g/mol. The van der Waals surface area contributed by atoms with Crippen LogP contribution in [0.2, 0.25) is 0 Å². The van der Waals surface area contributed by atoms with E-state index in [9.17, 15) is 34.2 Å². The van der Waals surface area contributed by atoms with Gasteiger partial charge < -0.3 is 37.6 Å². The lowest BCUT2D eigenvalue weighted by Gasteiger charge is -2.20. The van der Waals surface area contributed by atoms with Crippen molar-refractivity contribution in [2.45, 2.75) is 37.4 Å². The number of nitrogens with one attached hydrogen (secondary N) is 3. The number of phenols is 1. The minimum Gasteiger partial charge on any atom is -0.508 e. The second-order valence-electron chi connectivity index (χ2n) is 8.07. The van der Waals surface area contributed by atoms with Crippen LogP contribution in [-0.4, -0.2) is 64.5 Å². The number of carbonyl (C=O) groups excluding carboxylic acids is 4. The van der Waals surface area contributed by atoms with Gasteiger partial charge in [0.05, 0.1) is 19.0 Å². The summed E-state index contributed by atoms with van der Waals surface area (Å²) in [5, 5.41) is 25.6. The largest absolute Gasteiger partial charge is 0.508 e. The third-order valence-corrected chi connectivity index (χ3v) is 5.11. The van der Waals surface area contributed by atoms with Gasteiger partial charge in [-0.05, 0) is 29.7 Å². The van der Waals surface area contributed by atoms with Crippen molar-refractivity contribution in [3.05, 3.63) is 65.7 Å². The van der Waals surface area contributed by atoms with Gasteiger partial charge in [-0.3, -0.25) is 19.2 Å². The van der Waals surface area contributed by atoms with Crippen LogP contribution in [0.15, 0.2) is 54.6 Å². The number of hydrogen-bond donors (Lipinski definition) is 7. The van der Waals surface area contributed by atoms with Crippen LogP contribution < -0.4 is 27.4 Å². The number of benzene rings is 2. The fourth-order valence-corrected chi connectivity index (χ4v) is 3.25. The molecule has 36 heavy (non-hydrogen) atoms. The zero-order valence-electron chi connectivity index (χ0n) is 19.3. The molecule has 9 N–H and O–H groups in total. The summed E-state index contributed by atoms with van der Waals surface area (Å²) in [6.07, 6.45) is -0.400. The first-order valence-corrected chi connectivity index (χ1v) is 11.0. The van der Waals surface area contributed by atoms with E-state index >= 15 is 0 Å². The molecule has 0 fully saturated rings. The van der Waals surface area contributed by atoms with Crippen LogP contribution >= 0.6 is 0 Å². The molecule has 12 nitrogen and oxygen atoms in total. The molecule has 0 radical (unpaired) electrons. The Balaban J connectivity index is 1.92. The molecular formula is C24H29N5O7. The Bertz CT molecular complexity index is 1080. The number of rotatable bonds is 13. The Hall–Kier alpha value is -4.45. The highest BCUT2D eigenvalue weighted by Crippen LogP contribution is 2.11. The van der Waals surface area contributed by atoms with Gasteiger partial charge in [0.1, 0.15) is 17.8 Å². The van der Waals surface area contributed by atoms with Crippen LogP contribution in [0.4, 0.5) is 0 Å². The van der Waals surface area contributed by atoms with Gasteiger partial charge in [0.25, 0.3) is 0 Å². The van der Waals surface area contributed by atoms with Crippen LogP contribution in [0.3, 0.4) is 0 Å². The van der Waals surface area contributed by atoms with Crippen LogP contribution in [0.5, 0.6) is 5.75 Å². The lowest BCUT2D eigenvalue weighted by molar-refractivity contribution is -0.141. The molecular weight excluding hydrogens is 470 g/mol. The number of hydrogen-bond acceptors (Lipinski definition) is 7. The Morgan fingerprint density at radius 3 is 2.00 bits per heavy atom. The Kier molecular flexibility index (Phi) is 10.4. The highest BCUT2D eigenvalue weighted by Gasteiger charge is 2.27. The number of aromatic hydroxyl groups is 1. The zero-order valence-corrected chi connectivity index (χ0v) is 19.3. The smallest absolute Gasteiger partial charge is 0.326 e. The highest BCUT2D eigenvalue weighted by atomic mass is 16.4. The molecule has 0 saturated carbocycles. The van der Waals surface area contributed by atoms with E-state index in [2.05, 4.69) is 16.0 Å². The van der Waals surface area contributed by atoms with Gasteiger partial charge in [0.15, 0.2) is 0 Å². The van der Waals surface area contributed by atoms with E-state index in [1.165, 1.54) is 24.3 Å². The minimum atomic E-state index is -1.38. The van der Waals surface area contributed by atoms with Crippen molar-refractivity contribution in [3.8, 4) is 5.75 Å². The van der Waals surface area contributed by atoms with Crippen LogP contribution in [0, 0.1) is 0 Å². The molecule has 0 aliphatic rings. The lowest BCUT2D eigenvalue weighted by Crippen LogP contribution is -2.54. The van der Waals surface area contributed by atoms with Crippen LogP contribution in [0.25, 0.3) is 0 Å². The summed E-state index contributed by atoms with van der Waals surface area (Å²) in [6.45, 7) is -0.612. The average Bonchev–Trinajstić information content (AvgIpc) is 2.83. The quantitative estimate of drug-likeness (QED) is 0.173. The summed E-state index contributed by atoms with van der Waals surface area (Å²) in [5.41, 5.74) is 12.4. The molecule has 0 bridgehead atoms. The topological polar surface area (TPSA) is 214 Å². The number of phenolic OH excluding ortho intramolecular Hbond substituents is 1. The number of carboxylic acids is 1. The fourth-order valence-electron chi connectivity index (χ4n) is 3.25. The van der Waals surface area contributed by atoms with Gasteiger partial charge in [-0.15, -0.1) is 0 Å². The zero-order chi connectivity index (χ0) is 26.7. The summed E-state index contributed by atoms with van der Waals surface area (Å²) >= 11 is 0. The van der Waals surface area contributed by atoms with Gasteiger partial charge in [-0.1, -0.05) is 42.5 Å². The number of primary amides is 1. The number of carbonyl (C=O) groups is 5. The van der Waals surface area contributed by atoms with E-state index in [1.54, 1.807) is 24.3 Å². The molecule has 192 valence electrons. The number of carboxylic acid groups (broad SMARTS) is 1. The van der Waals surface area contributed by atoms with Gasteiger partial charge in [-0.2, -0.15) is 0 Å². The van der Waals surface area contributed by atoms with Crippen molar-refractivity contribution in [2.75, 3.05) is 6.54 Å². The molecule has 2 rings (SSSR count). The van der Waals surface area contributed by atoms with Crippen molar-refractivity contribution in [3.63, 3.8) is 0 Å². The molecule has 4 amide bonds. The minimum absolute atomic E-state index is 0.0102. The van der Waals surface area contributed by atoms with Gasteiger partial charge >= 0.3 is 5.97 Å². The number of nitrogens with two attached hydrogens (primary N) is 2. The first-order chi connectivity index (χ1) is 17.0. The molecule has 2 aromatic rings. The van der Waals surface area contributed by atoms with Crippen LogP contribution in [0.1, 0.15) is 17.5 Å². The molecule has 3 atom stereocenters. The number of amides is 4. The predicted octanol–water partition coefficient (Wildman–Crippen LogP) is -1.45. The summed E-state index contributed by atoms with van der Waals surface area (Å²) in [6, 6.07) is 11.1. The third-order valence-electron chi connectivity index (χ3n) is 5.11. The summed E-state index contributed by atoms with van der Waals surface area (Å²) < 4.78 is 0. The maximum absolute atomic E-state index is 12.5. The van der Waals surface area contributed by atoms with Crippen molar-refractivity contribution in [1.29, 1.82) is 0 Å². The first-order valence-electron chi connectivity index (χ1n) is 11.0. The summed E-state index contributed by atoms with van der Waals surface area (Å²) in [4.78, 5) is 60.2. The second kappa shape index (κ2) is 13.4. The van der Waals surface area contributed by atoms with Crippen molar-refractivity contribution >= 4 is 29.6 Å². The van der Waals surface area contributed by atoms with E-state index in [1.807, 2.05) is 6.07 Å². The predicted molar refractivity (Wildman–Crippen MR) is 128 cm³/mol. The molecule has 0 aliphatic heterocycles. The van der Waals surface area contributed by atoms with Crippen molar-refractivity contribution < 1.29 is 34.2 Å². The van der Waals surface area contributed by atoms with E-state index in [0.717, 1.165) is 5.56 Å². The Morgan fingerprint density at radius 1 is 0.806 bits per heavy atom. The third kappa shape index (κ3) is 9.43.